The van der Waals surface area contributed by atoms with Crippen molar-refractivity contribution in [2.24, 2.45) is 7.05 Å². The molecular weight excluding hydrogens is 355 g/mol. The lowest BCUT2D eigenvalue weighted by Gasteiger charge is -2.08. The molecule has 130 valence electrons. The SMILES string of the molecule is Cc1nc2ccc(NC(=O)c3nn(C)c4ccc(F)cc4c3=O)cc2s1. The van der Waals surface area contributed by atoms with Gasteiger partial charge in [0, 0.05) is 12.7 Å². The Balaban J connectivity index is 1.75. The highest BCUT2D eigenvalue weighted by atomic mass is 32.1. The van der Waals surface area contributed by atoms with E-state index in [4.69, 9.17) is 0 Å². The summed E-state index contributed by atoms with van der Waals surface area (Å²) in [6, 6.07) is 9.13. The van der Waals surface area contributed by atoms with Gasteiger partial charge in [0.1, 0.15) is 5.82 Å². The number of nitrogens with zero attached hydrogens (tertiary/aromatic N) is 3. The van der Waals surface area contributed by atoms with Gasteiger partial charge in [-0.05, 0) is 43.3 Å². The van der Waals surface area contributed by atoms with Gasteiger partial charge in [0.25, 0.3) is 5.91 Å². The standard InChI is InChI=1S/C18H13FN4O2S/c1-9-20-13-5-4-11(8-15(13)26-9)21-18(25)16-17(24)12-7-10(19)3-6-14(12)23(2)22-16/h3-8H,1-2H3,(H,21,25). The van der Waals surface area contributed by atoms with Gasteiger partial charge < -0.3 is 5.32 Å². The normalized spacial score (nSPS) is 11.2. The Labute approximate surface area is 150 Å². The van der Waals surface area contributed by atoms with Crippen LogP contribution in [0.2, 0.25) is 0 Å². The quantitative estimate of drug-likeness (QED) is 0.589. The van der Waals surface area contributed by atoms with Crippen LogP contribution in [0.3, 0.4) is 0 Å². The van der Waals surface area contributed by atoms with Crippen LogP contribution in [0, 0.1) is 12.7 Å². The van der Waals surface area contributed by atoms with Gasteiger partial charge in [0.2, 0.25) is 5.43 Å². The van der Waals surface area contributed by atoms with Crippen LogP contribution in [0.4, 0.5) is 10.1 Å². The minimum absolute atomic E-state index is 0.112. The van der Waals surface area contributed by atoms with Crippen LogP contribution in [0.1, 0.15) is 15.5 Å². The van der Waals surface area contributed by atoms with Gasteiger partial charge in [-0.3, -0.25) is 14.3 Å². The number of nitrogens with one attached hydrogen (secondary N) is 1. The molecule has 0 spiro atoms. The molecule has 6 nitrogen and oxygen atoms in total. The molecule has 26 heavy (non-hydrogen) atoms. The molecule has 2 aromatic carbocycles. The molecule has 0 aliphatic carbocycles. The van der Waals surface area contributed by atoms with E-state index in [-0.39, 0.29) is 11.1 Å². The monoisotopic (exact) mass is 368 g/mol. The van der Waals surface area contributed by atoms with Gasteiger partial charge in [0.05, 0.1) is 26.1 Å². The lowest BCUT2D eigenvalue weighted by atomic mass is 10.2. The van der Waals surface area contributed by atoms with E-state index in [1.54, 1.807) is 25.2 Å². The number of amides is 1. The Kier molecular flexibility index (Phi) is 3.77. The van der Waals surface area contributed by atoms with E-state index in [9.17, 15) is 14.0 Å². The maximum absolute atomic E-state index is 13.5. The number of halogens is 1. The first-order chi connectivity index (χ1) is 12.4. The van der Waals surface area contributed by atoms with E-state index in [2.05, 4.69) is 15.4 Å². The van der Waals surface area contributed by atoms with E-state index in [1.165, 1.54) is 28.2 Å². The first-order valence-corrected chi connectivity index (χ1v) is 8.59. The molecular formula is C18H13FN4O2S. The van der Waals surface area contributed by atoms with Gasteiger partial charge in [0.15, 0.2) is 5.69 Å². The second-order valence-electron chi connectivity index (χ2n) is 5.83. The molecule has 2 aromatic heterocycles. The van der Waals surface area contributed by atoms with Crippen molar-refractivity contribution in [3.8, 4) is 0 Å². The van der Waals surface area contributed by atoms with Gasteiger partial charge >= 0.3 is 0 Å². The number of hydrogen-bond acceptors (Lipinski definition) is 5. The molecule has 0 fully saturated rings. The maximum Gasteiger partial charge on any atom is 0.280 e. The molecule has 1 N–H and O–H groups in total. The molecule has 0 aliphatic heterocycles. The summed E-state index contributed by atoms with van der Waals surface area (Å²) in [7, 11) is 1.60. The summed E-state index contributed by atoms with van der Waals surface area (Å²) in [5, 5.41) is 7.77. The van der Waals surface area contributed by atoms with Crippen LogP contribution >= 0.6 is 11.3 Å². The van der Waals surface area contributed by atoms with Crippen molar-refractivity contribution in [2.45, 2.75) is 6.92 Å². The fraction of sp³-hybridized carbons (Fsp3) is 0.111. The number of carbonyl (C=O) groups is 1. The maximum atomic E-state index is 13.5. The Morgan fingerprint density at radius 2 is 2.04 bits per heavy atom. The van der Waals surface area contributed by atoms with Crippen LogP contribution in [-0.2, 0) is 7.05 Å². The average Bonchev–Trinajstić information content (AvgIpc) is 2.97. The van der Waals surface area contributed by atoms with Crippen LogP contribution in [0.25, 0.3) is 21.1 Å². The van der Waals surface area contributed by atoms with Crippen LogP contribution in [0.15, 0.2) is 41.2 Å². The van der Waals surface area contributed by atoms with Crippen molar-refractivity contribution >= 4 is 44.1 Å². The number of hydrogen-bond donors (Lipinski definition) is 1. The molecule has 0 saturated carbocycles. The van der Waals surface area contributed by atoms with Crippen molar-refractivity contribution in [1.29, 1.82) is 0 Å². The van der Waals surface area contributed by atoms with Crippen molar-refractivity contribution in [3.05, 3.63) is 63.1 Å². The van der Waals surface area contributed by atoms with E-state index in [1.807, 2.05) is 6.92 Å². The highest BCUT2D eigenvalue weighted by Gasteiger charge is 2.17. The minimum Gasteiger partial charge on any atom is -0.320 e. The van der Waals surface area contributed by atoms with Crippen LogP contribution in [-0.4, -0.2) is 20.7 Å². The molecule has 0 bridgehead atoms. The number of thiazole rings is 1. The number of carbonyl (C=O) groups excluding carboxylic acids is 1. The number of fused-ring (bicyclic) bond motifs is 2. The molecule has 2 heterocycles. The van der Waals surface area contributed by atoms with E-state index < -0.39 is 17.2 Å². The predicted octanol–water partition coefficient (Wildman–Crippen LogP) is 3.24. The summed E-state index contributed by atoms with van der Waals surface area (Å²) >= 11 is 1.51. The fourth-order valence-corrected chi connectivity index (χ4v) is 3.67. The summed E-state index contributed by atoms with van der Waals surface area (Å²) in [6.45, 7) is 1.91. The summed E-state index contributed by atoms with van der Waals surface area (Å²) in [5.41, 5.74) is 0.945. The third kappa shape index (κ3) is 2.74. The minimum atomic E-state index is -0.641. The zero-order valence-corrected chi connectivity index (χ0v) is 14.7. The number of anilines is 1. The predicted molar refractivity (Wildman–Crippen MR) is 99.3 cm³/mol. The Morgan fingerprint density at radius 3 is 2.85 bits per heavy atom. The second-order valence-corrected chi connectivity index (χ2v) is 7.07. The molecule has 4 aromatic rings. The number of aryl methyl sites for hydroxylation is 2. The Bertz CT molecular complexity index is 1250. The van der Waals surface area contributed by atoms with Crippen molar-refractivity contribution in [1.82, 2.24) is 14.8 Å². The summed E-state index contributed by atoms with van der Waals surface area (Å²) in [5.74, 6) is -1.18. The van der Waals surface area contributed by atoms with Crippen molar-refractivity contribution < 1.29 is 9.18 Å². The zero-order chi connectivity index (χ0) is 18.4. The number of aromatic nitrogens is 3. The van der Waals surface area contributed by atoms with Crippen LogP contribution < -0.4 is 10.7 Å². The zero-order valence-electron chi connectivity index (χ0n) is 13.9. The van der Waals surface area contributed by atoms with E-state index in [0.29, 0.717) is 11.2 Å². The third-order valence-corrected chi connectivity index (χ3v) is 4.92. The molecule has 4 rings (SSSR count). The van der Waals surface area contributed by atoms with Gasteiger partial charge in [-0.2, -0.15) is 5.10 Å². The Hall–Kier alpha value is -3.13. The molecule has 0 saturated heterocycles. The highest BCUT2D eigenvalue weighted by Crippen LogP contribution is 2.25. The lowest BCUT2D eigenvalue weighted by Crippen LogP contribution is -2.26. The molecule has 0 atom stereocenters. The largest absolute Gasteiger partial charge is 0.320 e. The first-order valence-electron chi connectivity index (χ1n) is 7.77. The van der Waals surface area contributed by atoms with Crippen molar-refractivity contribution in [3.63, 3.8) is 0 Å². The fourth-order valence-electron chi connectivity index (χ4n) is 2.81. The third-order valence-electron chi connectivity index (χ3n) is 3.99. The first kappa shape index (κ1) is 16.3. The Morgan fingerprint density at radius 1 is 1.23 bits per heavy atom. The summed E-state index contributed by atoms with van der Waals surface area (Å²) < 4.78 is 15.8. The van der Waals surface area contributed by atoms with Gasteiger partial charge in [-0.25, -0.2) is 9.37 Å². The number of benzene rings is 2. The average molecular weight is 368 g/mol. The van der Waals surface area contributed by atoms with Gasteiger partial charge in [-0.1, -0.05) is 0 Å². The van der Waals surface area contributed by atoms with E-state index in [0.717, 1.165) is 21.3 Å². The summed E-state index contributed by atoms with van der Waals surface area (Å²) in [6.07, 6.45) is 0. The highest BCUT2D eigenvalue weighted by molar-refractivity contribution is 7.18. The lowest BCUT2D eigenvalue weighted by molar-refractivity contribution is 0.101. The van der Waals surface area contributed by atoms with Gasteiger partial charge in [-0.15, -0.1) is 11.3 Å². The second kappa shape index (κ2) is 5.99. The molecule has 8 heteroatoms. The van der Waals surface area contributed by atoms with Crippen LogP contribution in [0.5, 0.6) is 0 Å². The molecule has 1 amide bonds. The summed E-state index contributed by atoms with van der Waals surface area (Å²) in [4.78, 5) is 29.5. The number of rotatable bonds is 2. The smallest absolute Gasteiger partial charge is 0.280 e. The molecule has 0 unspecified atom stereocenters. The molecule has 0 radical (unpaired) electrons. The van der Waals surface area contributed by atoms with E-state index >= 15 is 0 Å². The topological polar surface area (TPSA) is 76.9 Å². The van der Waals surface area contributed by atoms with Crippen molar-refractivity contribution in [2.75, 3.05) is 5.32 Å². The molecule has 0 aliphatic rings.